The zero-order valence-electron chi connectivity index (χ0n) is 14.9. The molecule has 0 aliphatic heterocycles. The fourth-order valence-electron chi connectivity index (χ4n) is 2.48. The number of nitrogens with zero attached hydrogens (tertiary/aromatic N) is 3. The number of pyridine rings is 1. The monoisotopic (exact) mass is 326 g/mol. The van der Waals surface area contributed by atoms with Gasteiger partial charge >= 0.3 is 6.03 Å². The van der Waals surface area contributed by atoms with Crippen molar-refractivity contribution >= 4 is 11.7 Å². The minimum absolute atomic E-state index is 0.0851. The lowest BCUT2D eigenvalue weighted by Crippen LogP contribution is -2.39. The van der Waals surface area contributed by atoms with Crippen LogP contribution in [0.15, 0.2) is 42.7 Å². The molecule has 0 saturated heterocycles. The van der Waals surface area contributed by atoms with Crippen LogP contribution in [0.2, 0.25) is 0 Å². The van der Waals surface area contributed by atoms with Gasteiger partial charge in [-0.05, 0) is 50.7 Å². The molecule has 0 aliphatic carbocycles. The molecule has 5 nitrogen and oxygen atoms in total. The third kappa shape index (κ3) is 5.06. The van der Waals surface area contributed by atoms with Gasteiger partial charge in [-0.3, -0.25) is 4.98 Å². The Labute approximate surface area is 144 Å². The van der Waals surface area contributed by atoms with E-state index in [1.165, 1.54) is 0 Å². The Morgan fingerprint density at radius 1 is 1.08 bits per heavy atom. The Morgan fingerprint density at radius 3 is 2.38 bits per heavy atom. The third-order valence-electron chi connectivity index (χ3n) is 3.91. The third-order valence-corrected chi connectivity index (χ3v) is 3.91. The molecule has 5 heteroatoms. The summed E-state index contributed by atoms with van der Waals surface area (Å²) in [7, 11) is 4.01. The molecule has 128 valence electrons. The number of hydrogen-bond donors (Lipinski definition) is 1. The van der Waals surface area contributed by atoms with Gasteiger partial charge in [0.2, 0.25) is 0 Å². The van der Waals surface area contributed by atoms with E-state index in [4.69, 9.17) is 0 Å². The lowest BCUT2D eigenvalue weighted by atomic mass is 10.1. The number of aromatic nitrogens is 1. The Kier molecular flexibility index (Phi) is 6.32. The fourth-order valence-corrected chi connectivity index (χ4v) is 2.48. The summed E-state index contributed by atoms with van der Waals surface area (Å²) in [5.74, 6) is 0. The maximum absolute atomic E-state index is 12.8. The van der Waals surface area contributed by atoms with E-state index >= 15 is 0 Å². The smallest absolute Gasteiger partial charge is 0.319 e. The number of carbonyl (C=O) groups is 1. The van der Waals surface area contributed by atoms with Gasteiger partial charge in [-0.1, -0.05) is 24.3 Å². The van der Waals surface area contributed by atoms with Crippen molar-refractivity contribution in [3.8, 4) is 0 Å². The van der Waals surface area contributed by atoms with Gasteiger partial charge in [0.1, 0.15) is 0 Å². The molecule has 2 rings (SSSR count). The van der Waals surface area contributed by atoms with Crippen molar-refractivity contribution in [3.63, 3.8) is 0 Å². The van der Waals surface area contributed by atoms with E-state index < -0.39 is 0 Å². The average Bonchev–Trinajstić information content (AvgIpc) is 2.55. The molecule has 0 spiro atoms. The largest absolute Gasteiger partial charge is 0.322 e. The summed E-state index contributed by atoms with van der Waals surface area (Å²) in [4.78, 5) is 20.8. The molecule has 1 N–H and O–H groups in total. The second-order valence-electron chi connectivity index (χ2n) is 6.28. The van der Waals surface area contributed by atoms with Crippen LogP contribution in [0.3, 0.4) is 0 Å². The summed E-state index contributed by atoms with van der Waals surface area (Å²) in [6, 6.07) is 9.81. The number of hydrogen-bond acceptors (Lipinski definition) is 3. The van der Waals surface area contributed by atoms with Crippen molar-refractivity contribution in [2.75, 3.05) is 32.5 Å². The van der Waals surface area contributed by atoms with Crippen LogP contribution in [0.25, 0.3) is 0 Å². The normalized spacial score (nSPS) is 10.7. The summed E-state index contributed by atoms with van der Waals surface area (Å²) in [5, 5.41) is 3.07. The summed E-state index contributed by atoms with van der Waals surface area (Å²) in [6.07, 6.45) is 3.54. The van der Waals surface area contributed by atoms with E-state index in [-0.39, 0.29) is 6.03 Å². The van der Waals surface area contributed by atoms with E-state index in [0.29, 0.717) is 13.1 Å². The SMILES string of the molecule is Cc1cccc(C)c1NC(=O)N(CCN(C)C)Cc1cccnc1. The molecule has 1 aromatic carbocycles. The number of likely N-dealkylation sites (N-methyl/N-ethyl adjacent to an activating group) is 1. The lowest BCUT2D eigenvalue weighted by Gasteiger charge is -2.25. The second kappa shape index (κ2) is 8.45. The van der Waals surface area contributed by atoms with Gasteiger partial charge in [0.05, 0.1) is 0 Å². The van der Waals surface area contributed by atoms with Gasteiger partial charge in [-0.2, -0.15) is 0 Å². The quantitative estimate of drug-likeness (QED) is 0.886. The molecule has 0 saturated carbocycles. The zero-order valence-corrected chi connectivity index (χ0v) is 14.9. The van der Waals surface area contributed by atoms with Gasteiger partial charge in [0, 0.05) is 37.7 Å². The predicted octanol–water partition coefficient (Wildman–Crippen LogP) is 3.29. The number of urea groups is 1. The van der Waals surface area contributed by atoms with Gasteiger partial charge in [-0.15, -0.1) is 0 Å². The summed E-state index contributed by atoms with van der Waals surface area (Å²) >= 11 is 0. The van der Waals surface area contributed by atoms with Crippen LogP contribution in [0.1, 0.15) is 16.7 Å². The Balaban J connectivity index is 2.14. The summed E-state index contributed by atoms with van der Waals surface area (Å²) in [6.45, 7) is 6.01. The maximum atomic E-state index is 12.8. The lowest BCUT2D eigenvalue weighted by molar-refractivity contribution is 0.202. The minimum atomic E-state index is -0.0851. The zero-order chi connectivity index (χ0) is 17.5. The van der Waals surface area contributed by atoms with Crippen LogP contribution in [0, 0.1) is 13.8 Å². The highest BCUT2D eigenvalue weighted by Gasteiger charge is 2.16. The highest BCUT2D eigenvalue weighted by atomic mass is 16.2. The summed E-state index contributed by atoms with van der Waals surface area (Å²) < 4.78 is 0. The van der Waals surface area contributed by atoms with Crippen molar-refractivity contribution < 1.29 is 4.79 Å². The first-order chi connectivity index (χ1) is 11.5. The Morgan fingerprint density at radius 2 is 1.79 bits per heavy atom. The van der Waals surface area contributed by atoms with Crippen LogP contribution in [0.4, 0.5) is 10.5 Å². The van der Waals surface area contributed by atoms with Crippen molar-refractivity contribution in [1.29, 1.82) is 0 Å². The number of para-hydroxylation sites is 1. The van der Waals surface area contributed by atoms with Gasteiger partial charge in [0.15, 0.2) is 0 Å². The standard InChI is InChI=1S/C19H26N4O/c1-15-7-5-8-16(2)18(15)21-19(24)23(12-11-22(3)4)14-17-9-6-10-20-13-17/h5-10,13H,11-12,14H2,1-4H3,(H,21,24). The van der Waals surface area contributed by atoms with Gasteiger partial charge < -0.3 is 15.1 Å². The van der Waals surface area contributed by atoms with E-state index in [1.807, 2.05) is 63.2 Å². The van der Waals surface area contributed by atoms with Crippen molar-refractivity contribution in [3.05, 3.63) is 59.4 Å². The molecule has 0 unspecified atom stereocenters. The number of carbonyl (C=O) groups excluding carboxylic acids is 1. The number of nitrogens with one attached hydrogen (secondary N) is 1. The van der Waals surface area contributed by atoms with E-state index in [2.05, 4.69) is 15.2 Å². The molecule has 0 fully saturated rings. The van der Waals surface area contributed by atoms with Crippen LogP contribution in [-0.2, 0) is 6.54 Å². The molecule has 0 atom stereocenters. The highest BCUT2D eigenvalue weighted by molar-refractivity contribution is 5.91. The molecule has 2 amide bonds. The first kappa shape index (κ1) is 17.9. The van der Waals surface area contributed by atoms with E-state index in [0.717, 1.165) is 28.9 Å². The average molecular weight is 326 g/mol. The maximum Gasteiger partial charge on any atom is 0.322 e. The van der Waals surface area contributed by atoms with Gasteiger partial charge in [-0.25, -0.2) is 4.79 Å². The molecule has 2 aromatic rings. The van der Waals surface area contributed by atoms with E-state index in [9.17, 15) is 4.79 Å². The molecule has 1 heterocycles. The number of amides is 2. The number of anilines is 1. The number of benzene rings is 1. The summed E-state index contributed by atoms with van der Waals surface area (Å²) in [5.41, 5.74) is 4.05. The minimum Gasteiger partial charge on any atom is -0.319 e. The van der Waals surface area contributed by atoms with Crippen LogP contribution in [0.5, 0.6) is 0 Å². The topological polar surface area (TPSA) is 48.5 Å². The number of rotatable bonds is 6. The van der Waals surface area contributed by atoms with Crippen LogP contribution < -0.4 is 5.32 Å². The number of aryl methyl sites for hydroxylation is 2. The Hall–Kier alpha value is -2.40. The second-order valence-corrected chi connectivity index (χ2v) is 6.28. The van der Waals surface area contributed by atoms with E-state index in [1.54, 1.807) is 12.4 Å². The molecule has 1 aromatic heterocycles. The first-order valence-electron chi connectivity index (χ1n) is 8.13. The van der Waals surface area contributed by atoms with Gasteiger partial charge in [0.25, 0.3) is 0 Å². The van der Waals surface area contributed by atoms with Crippen molar-refractivity contribution in [2.24, 2.45) is 0 Å². The molecule has 0 radical (unpaired) electrons. The highest BCUT2D eigenvalue weighted by Crippen LogP contribution is 2.20. The fraction of sp³-hybridized carbons (Fsp3) is 0.368. The van der Waals surface area contributed by atoms with Crippen LogP contribution >= 0.6 is 0 Å². The van der Waals surface area contributed by atoms with Crippen molar-refractivity contribution in [2.45, 2.75) is 20.4 Å². The van der Waals surface area contributed by atoms with Crippen LogP contribution in [-0.4, -0.2) is 48.0 Å². The molecule has 0 bridgehead atoms. The molecule has 0 aliphatic rings. The molecule has 24 heavy (non-hydrogen) atoms. The first-order valence-corrected chi connectivity index (χ1v) is 8.13. The predicted molar refractivity (Wildman–Crippen MR) is 98.1 cm³/mol. The molecular formula is C19H26N4O. The van der Waals surface area contributed by atoms with Crippen molar-refractivity contribution in [1.82, 2.24) is 14.8 Å². The molecular weight excluding hydrogens is 300 g/mol. The Bertz CT molecular complexity index is 650.